The number of nitrogens with one attached hydrogen (secondary N) is 6. The van der Waals surface area contributed by atoms with Crippen molar-refractivity contribution in [3.05, 3.63) is 0 Å². The molecule has 4 unspecified atom stereocenters. The van der Waals surface area contributed by atoms with Gasteiger partial charge in [0.15, 0.2) is 12.6 Å². The summed E-state index contributed by atoms with van der Waals surface area (Å²) < 4.78 is 33.7. The lowest BCUT2D eigenvalue weighted by Gasteiger charge is -2.23. The van der Waals surface area contributed by atoms with E-state index in [1.165, 1.54) is 167 Å². The summed E-state index contributed by atoms with van der Waals surface area (Å²) >= 11 is 0. The third-order valence-electron chi connectivity index (χ3n) is 19.9. The topological polar surface area (TPSA) is 334 Å². The number of aliphatic hydroxyl groups excluding tert-OH is 2. The first-order chi connectivity index (χ1) is 52.3. The van der Waals surface area contributed by atoms with Crippen LogP contribution in [-0.4, -0.2) is 149 Å². The molecule has 12 N–H and O–H groups in total. The minimum Gasteiger partial charge on any atom is -0.368 e. The third kappa shape index (κ3) is 73.7. The summed E-state index contributed by atoms with van der Waals surface area (Å²) in [6.45, 7) is 10.9. The predicted octanol–water partition coefficient (Wildman–Crippen LogP) is 19.0. The third-order valence-corrected chi connectivity index (χ3v) is 21.9. The van der Waals surface area contributed by atoms with E-state index in [9.17, 15) is 53.8 Å². The molecule has 0 saturated heterocycles. The zero-order valence-electron chi connectivity index (χ0n) is 69.7. The predicted molar refractivity (Wildman–Crippen MR) is 441 cm³/mol. The molecule has 0 aromatic heterocycles. The fraction of sp³-hybridized carbons (Fsp3) is 0.940. The maximum atomic E-state index is 13.6. The first-order valence-electron chi connectivity index (χ1n) is 44.4. The zero-order valence-corrected chi connectivity index (χ0v) is 71.5. The molecule has 0 aliphatic rings. The second kappa shape index (κ2) is 77.1. The van der Waals surface area contributed by atoms with Crippen LogP contribution < -0.4 is 31.9 Å². The molecule has 0 radical (unpaired) electrons. The summed E-state index contributed by atoms with van der Waals surface area (Å²) in [5.74, 6) is -1.25. The maximum Gasteiger partial charge on any atom is 0.570 e. The number of rotatable bonds is 84. The van der Waals surface area contributed by atoms with E-state index in [-0.39, 0.29) is 75.5 Å². The number of carbonyl (C=O) groups excluding carboxylic acids is 5. The number of carbonyl (C=O) groups is 5. The molecule has 6 atom stereocenters. The lowest BCUT2D eigenvalue weighted by Crippen LogP contribution is -2.47. The van der Waals surface area contributed by atoms with Crippen molar-refractivity contribution in [3.8, 4) is 0 Å². The number of amides is 6. The van der Waals surface area contributed by atoms with Crippen LogP contribution >= 0.6 is 16.3 Å². The molecular formula is C83H168N6O17P2+2. The van der Waals surface area contributed by atoms with Gasteiger partial charge in [-0.2, -0.15) is 37.7 Å². The lowest BCUT2D eigenvalue weighted by molar-refractivity contribution is -0.152. The van der Waals surface area contributed by atoms with Gasteiger partial charge in [0, 0.05) is 39.0 Å². The largest absolute Gasteiger partial charge is 0.570 e. The van der Waals surface area contributed by atoms with Crippen molar-refractivity contribution < 1.29 is 81.3 Å². The molecule has 0 aliphatic carbocycles. The van der Waals surface area contributed by atoms with Crippen LogP contribution in [0.25, 0.3) is 0 Å². The van der Waals surface area contributed by atoms with Gasteiger partial charge in [-0.25, -0.2) is 4.79 Å². The molecular weight excluding hydrogens is 1410 g/mol. The minimum absolute atomic E-state index is 0.00757. The van der Waals surface area contributed by atoms with E-state index in [1.807, 2.05) is 0 Å². The lowest BCUT2D eigenvalue weighted by atomic mass is 10.0. The van der Waals surface area contributed by atoms with Gasteiger partial charge in [-0.05, 0) is 51.4 Å². The summed E-state index contributed by atoms with van der Waals surface area (Å²) in [6.07, 6.45) is 55.5. The smallest absolute Gasteiger partial charge is 0.368 e. The average molecular weight is 1580 g/mol. The Kier molecular flexibility index (Phi) is 75.4. The highest BCUT2D eigenvalue weighted by molar-refractivity contribution is 7.54. The molecule has 23 nitrogen and oxygen atoms in total. The maximum absolute atomic E-state index is 13.6. The summed E-state index contributed by atoms with van der Waals surface area (Å²) in [7, 11) is -9.04. The van der Waals surface area contributed by atoms with Gasteiger partial charge in [0.1, 0.15) is 26.4 Å². The molecule has 0 aliphatic heterocycles. The van der Waals surface area contributed by atoms with Crippen LogP contribution in [0.3, 0.4) is 0 Å². The summed E-state index contributed by atoms with van der Waals surface area (Å²) in [4.78, 5) is 110. The Labute approximate surface area is 659 Å². The van der Waals surface area contributed by atoms with Gasteiger partial charge >= 0.3 is 22.4 Å². The molecule has 0 rings (SSSR count). The summed E-state index contributed by atoms with van der Waals surface area (Å²) in [5, 5.41) is 38.5. The van der Waals surface area contributed by atoms with Gasteiger partial charge in [0.25, 0.3) is 0 Å². The van der Waals surface area contributed by atoms with Crippen molar-refractivity contribution in [1.29, 1.82) is 0 Å². The fourth-order valence-corrected chi connectivity index (χ4v) is 14.8. The molecule has 0 saturated carbocycles. The molecule has 0 spiro atoms. The fourth-order valence-electron chi connectivity index (χ4n) is 13.2. The van der Waals surface area contributed by atoms with Crippen molar-refractivity contribution in [3.63, 3.8) is 0 Å². The van der Waals surface area contributed by atoms with Crippen molar-refractivity contribution in [2.45, 2.75) is 451 Å². The quantitative estimate of drug-likeness (QED) is 0.0153. The number of unbranched alkanes of at least 4 members (excludes halogenated alkanes) is 44. The standard InChI is InChI=1S/C83H166N6O17P2/c1-7-13-19-25-29-33-35-39-41-47-53-59-77(90)88-73(69-86-79(92)67-75(57-51-45-23-17-11-5)105-81(94)61-55-49-43-37-31-27-21-15-9-3)71-103-107(97,98)101-65-63-84-83(96)85-64-66-102-108(99,100)104-72-74(89-78(91)60-54-48-42-40-36-34-30-26-20-14-8-2)70-87-80(93)68-76(58-52-46-24-18-12-6)106-82(95)62-56-50-44-38-32-28-22-16-10-4/h73-76,81-82,94-95,97-100H,7-72H2,1-6H3,(H4-2,84,85,86,87,88,89,90,91,92,93,96)/p+2/t73?,74?,75-,76-,81?,82?/m1/s1. The van der Waals surface area contributed by atoms with E-state index < -0.39 is 85.7 Å². The molecule has 108 heavy (non-hydrogen) atoms. The Bertz CT molecular complexity index is 1910. The Balaban J connectivity index is 5.69. The van der Waals surface area contributed by atoms with Gasteiger partial charge in [-0.1, -0.05) is 337 Å². The summed E-state index contributed by atoms with van der Waals surface area (Å²) in [5.41, 5.74) is 0. The van der Waals surface area contributed by atoms with Gasteiger partial charge in [-0.3, -0.25) is 19.2 Å². The SMILES string of the molecule is CCCCCCCCCCCCCC(=O)NC(CNC(=O)C[C@@H](CCCCCCC)OC(O)CCCCCCCCCCC)CO[P+](O)(O)OCCNC(=O)NCCO[P+](O)(O)OCC(CNC(=O)C[C@@H](CCCCCCC)OC(O)CCCCCCCCCCC)NC(=O)CCCCCCCCCCCCC. The van der Waals surface area contributed by atoms with Crippen molar-refractivity contribution in [2.75, 3.05) is 52.6 Å². The molecule has 0 fully saturated rings. The molecule has 0 aromatic carbocycles. The second-order valence-corrected chi connectivity index (χ2v) is 33.6. The van der Waals surface area contributed by atoms with Crippen molar-refractivity contribution >= 4 is 46.0 Å². The molecule has 25 heteroatoms. The van der Waals surface area contributed by atoms with Crippen LogP contribution in [0.15, 0.2) is 0 Å². The monoisotopic (exact) mass is 1580 g/mol. The highest BCUT2D eigenvalue weighted by Gasteiger charge is 2.42. The molecule has 0 bridgehead atoms. The van der Waals surface area contributed by atoms with Crippen LogP contribution in [0, 0.1) is 0 Å². The first-order valence-corrected chi connectivity index (χ1v) is 47.5. The van der Waals surface area contributed by atoms with Gasteiger partial charge in [0.05, 0.1) is 37.1 Å². The zero-order chi connectivity index (χ0) is 79.5. The van der Waals surface area contributed by atoms with E-state index in [1.54, 1.807) is 0 Å². The van der Waals surface area contributed by atoms with Crippen LogP contribution in [0.1, 0.15) is 414 Å². The second-order valence-electron chi connectivity index (χ2n) is 30.6. The Hall–Kier alpha value is -2.47. The van der Waals surface area contributed by atoms with Gasteiger partial charge in [-0.15, -0.1) is 0 Å². The molecule has 640 valence electrons. The number of hydrogen-bond acceptors (Lipinski definition) is 17. The Morgan fingerprint density at radius 2 is 0.537 bits per heavy atom. The van der Waals surface area contributed by atoms with E-state index in [4.69, 9.17) is 27.6 Å². The highest BCUT2D eigenvalue weighted by atomic mass is 31.2. The number of urea groups is 1. The number of hydrogen-bond donors (Lipinski definition) is 12. The van der Waals surface area contributed by atoms with Crippen LogP contribution in [0.5, 0.6) is 0 Å². The first kappa shape index (κ1) is 106. The van der Waals surface area contributed by atoms with Crippen molar-refractivity contribution in [2.24, 2.45) is 0 Å². The van der Waals surface area contributed by atoms with E-state index in [2.05, 4.69) is 73.4 Å². The van der Waals surface area contributed by atoms with Gasteiger partial charge < -0.3 is 51.6 Å². The Morgan fingerprint density at radius 3 is 0.806 bits per heavy atom. The van der Waals surface area contributed by atoms with Gasteiger partial charge in [0.2, 0.25) is 23.6 Å². The normalized spacial score (nSPS) is 13.6. The number of ether oxygens (including phenoxy) is 2. The number of aliphatic hydroxyl groups is 2. The molecule has 0 heterocycles. The molecule has 0 aromatic rings. The molecule has 6 amide bonds. The van der Waals surface area contributed by atoms with Crippen LogP contribution in [0.4, 0.5) is 4.79 Å². The minimum atomic E-state index is -4.52. The van der Waals surface area contributed by atoms with E-state index >= 15 is 0 Å². The average Bonchev–Trinajstić information content (AvgIpc) is 0.913. The summed E-state index contributed by atoms with van der Waals surface area (Å²) in [6, 6.07) is -2.46. The van der Waals surface area contributed by atoms with E-state index in [0.717, 1.165) is 141 Å². The van der Waals surface area contributed by atoms with Crippen LogP contribution in [-0.2, 0) is 46.7 Å². The Morgan fingerprint density at radius 1 is 0.296 bits per heavy atom. The van der Waals surface area contributed by atoms with Crippen LogP contribution in [0.2, 0.25) is 0 Å². The van der Waals surface area contributed by atoms with E-state index in [0.29, 0.717) is 38.5 Å². The van der Waals surface area contributed by atoms with Crippen molar-refractivity contribution in [1.82, 2.24) is 31.9 Å². The highest BCUT2D eigenvalue weighted by Crippen LogP contribution is 2.53.